The molecule has 0 saturated heterocycles. The number of nitrogens with one attached hydrogen (secondary N) is 1. The summed E-state index contributed by atoms with van der Waals surface area (Å²) in [7, 11) is 0. The van der Waals surface area contributed by atoms with Gasteiger partial charge >= 0.3 is 0 Å². The second kappa shape index (κ2) is 11.1. The van der Waals surface area contributed by atoms with Gasteiger partial charge in [0.05, 0.1) is 6.61 Å². The quantitative estimate of drug-likeness (QED) is 0.550. The van der Waals surface area contributed by atoms with Gasteiger partial charge < -0.3 is 10.1 Å². The number of benzene rings is 1. The van der Waals surface area contributed by atoms with Crippen LogP contribution in [0.15, 0.2) is 22.7 Å². The first kappa shape index (κ1) is 18.5. The van der Waals surface area contributed by atoms with E-state index < -0.39 is 0 Å². The van der Waals surface area contributed by atoms with Gasteiger partial charge in [-0.15, -0.1) is 0 Å². The molecule has 0 aliphatic rings. The number of rotatable bonds is 11. The van der Waals surface area contributed by atoms with Gasteiger partial charge in [-0.2, -0.15) is 0 Å². The van der Waals surface area contributed by atoms with E-state index in [4.69, 9.17) is 4.74 Å². The van der Waals surface area contributed by atoms with Crippen molar-refractivity contribution in [3.05, 3.63) is 28.2 Å². The molecule has 120 valence electrons. The molecule has 1 N–H and O–H groups in total. The van der Waals surface area contributed by atoms with Crippen molar-refractivity contribution in [2.75, 3.05) is 6.61 Å². The SMILES string of the molecule is CCCCC(CCC)NCc1cc(Br)ccc1OCCC. The molecule has 2 nitrogen and oxygen atoms in total. The minimum Gasteiger partial charge on any atom is -0.493 e. The van der Waals surface area contributed by atoms with Gasteiger partial charge in [-0.3, -0.25) is 0 Å². The molecule has 1 atom stereocenters. The van der Waals surface area contributed by atoms with Crippen LogP contribution in [0.1, 0.15) is 64.9 Å². The maximum atomic E-state index is 5.85. The van der Waals surface area contributed by atoms with Crippen molar-refractivity contribution in [1.82, 2.24) is 5.32 Å². The summed E-state index contributed by atoms with van der Waals surface area (Å²) in [5, 5.41) is 3.71. The van der Waals surface area contributed by atoms with E-state index in [0.29, 0.717) is 6.04 Å². The van der Waals surface area contributed by atoms with Crippen LogP contribution in [0.3, 0.4) is 0 Å². The van der Waals surface area contributed by atoms with Crippen LogP contribution in [-0.2, 0) is 6.54 Å². The van der Waals surface area contributed by atoms with Crippen molar-refractivity contribution in [3.63, 3.8) is 0 Å². The number of hydrogen-bond donors (Lipinski definition) is 1. The van der Waals surface area contributed by atoms with Crippen molar-refractivity contribution < 1.29 is 4.74 Å². The first-order chi connectivity index (χ1) is 10.2. The third-order valence-corrected chi connectivity index (χ3v) is 4.10. The molecule has 1 aromatic carbocycles. The summed E-state index contributed by atoms with van der Waals surface area (Å²) in [5.41, 5.74) is 1.25. The van der Waals surface area contributed by atoms with E-state index in [1.807, 2.05) is 0 Å². The monoisotopic (exact) mass is 355 g/mol. The zero-order valence-corrected chi connectivity index (χ0v) is 15.3. The summed E-state index contributed by atoms with van der Waals surface area (Å²) < 4.78 is 6.97. The maximum Gasteiger partial charge on any atom is 0.123 e. The minimum atomic E-state index is 0.618. The number of halogens is 1. The standard InChI is InChI=1S/C18H30BrNO/c1-4-7-9-17(8-5-2)20-14-15-13-16(19)10-11-18(15)21-12-6-3/h10-11,13,17,20H,4-9,12,14H2,1-3H3. The molecule has 3 heteroatoms. The molecular formula is C18H30BrNO. The lowest BCUT2D eigenvalue weighted by atomic mass is 10.0. The summed E-state index contributed by atoms with van der Waals surface area (Å²) in [6, 6.07) is 6.90. The van der Waals surface area contributed by atoms with Gasteiger partial charge in [-0.25, -0.2) is 0 Å². The van der Waals surface area contributed by atoms with Gasteiger partial charge in [0.2, 0.25) is 0 Å². The second-order valence-corrected chi connectivity index (χ2v) is 6.52. The molecule has 0 saturated carbocycles. The fourth-order valence-corrected chi connectivity index (χ4v) is 2.85. The molecule has 0 aromatic heterocycles. The predicted molar refractivity (Wildman–Crippen MR) is 95.0 cm³/mol. The smallest absolute Gasteiger partial charge is 0.123 e. The molecular weight excluding hydrogens is 326 g/mol. The van der Waals surface area contributed by atoms with Crippen molar-refractivity contribution >= 4 is 15.9 Å². The van der Waals surface area contributed by atoms with E-state index in [9.17, 15) is 0 Å². The highest BCUT2D eigenvalue weighted by Crippen LogP contribution is 2.24. The van der Waals surface area contributed by atoms with Crippen LogP contribution >= 0.6 is 15.9 Å². The Bertz CT molecular complexity index is 395. The Hall–Kier alpha value is -0.540. The van der Waals surface area contributed by atoms with Crippen LogP contribution in [0.5, 0.6) is 5.75 Å². The third-order valence-electron chi connectivity index (χ3n) is 3.61. The van der Waals surface area contributed by atoms with Crippen LogP contribution in [0.2, 0.25) is 0 Å². The Morgan fingerprint density at radius 3 is 2.57 bits per heavy atom. The zero-order valence-electron chi connectivity index (χ0n) is 13.8. The van der Waals surface area contributed by atoms with E-state index >= 15 is 0 Å². The molecule has 0 aliphatic heterocycles. The first-order valence-corrected chi connectivity index (χ1v) is 9.15. The number of ether oxygens (including phenoxy) is 1. The summed E-state index contributed by atoms with van der Waals surface area (Å²) >= 11 is 3.56. The van der Waals surface area contributed by atoms with Gasteiger partial charge in [0.1, 0.15) is 5.75 Å². The Morgan fingerprint density at radius 2 is 1.90 bits per heavy atom. The Labute approximate surface area is 138 Å². The average molecular weight is 356 g/mol. The molecule has 0 heterocycles. The van der Waals surface area contributed by atoms with Crippen molar-refractivity contribution in [1.29, 1.82) is 0 Å². The molecule has 0 fully saturated rings. The highest BCUT2D eigenvalue weighted by molar-refractivity contribution is 9.10. The van der Waals surface area contributed by atoms with Gasteiger partial charge in [-0.05, 0) is 37.5 Å². The van der Waals surface area contributed by atoms with Crippen LogP contribution < -0.4 is 10.1 Å². The molecule has 1 unspecified atom stereocenters. The predicted octanol–water partition coefficient (Wildman–Crippen LogP) is 5.69. The molecule has 0 aliphatic carbocycles. The highest BCUT2D eigenvalue weighted by atomic mass is 79.9. The molecule has 0 radical (unpaired) electrons. The average Bonchev–Trinajstić information content (AvgIpc) is 2.49. The second-order valence-electron chi connectivity index (χ2n) is 5.61. The Balaban J connectivity index is 2.63. The first-order valence-electron chi connectivity index (χ1n) is 8.35. The Morgan fingerprint density at radius 1 is 1.10 bits per heavy atom. The van der Waals surface area contributed by atoms with Crippen LogP contribution in [-0.4, -0.2) is 12.6 Å². The van der Waals surface area contributed by atoms with Crippen LogP contribution in [0, 0.1) is 0 Å². The fraction of sp³-hybridized carbons (Fsp3) is 0.667. The lowest BCUT2D eigenvalue weighted by Gasteiger charge is -2.19. The van der Waals surface area contributed by atoms with Gasteiger partial charge in [0.15, 0.2) is 0 Å². The normalized spacial score (nSPS) is 12.4. The summed E-state index contributed by atoms with van der Waals surface area (Å²) in [6.45, 7) is 8.32. The van der Waals surface area contributed by atoms with Crippen molar-refractivity contribution in [2.24, 2.45) is 0 Å². The van der Waals surface area contributed by atoms with Crippen LogP contribution in [0.25, 0.3) is 0 Å². The van der Waals surface area contributed by atoms with Gasteiger partial charge in [0.25, 0.3) is 0 Å². The van der Waals surface area contributed by atoms with E-state index in [0.717, 1.165) is 29.8 Å². The summed E-state index contributed by atoms with van der Waals surface area (Å²) in [6.07, 6.45) is 7.36. The zero-order chi connectivity index (χ0) is 15.5. The molecule has 21 heavy (non-hydrogen) atoms. The summed E-state index contributed by atoms with van der Waals surface area (Å²) in [5.74, 6) is 1.01. The third kappa shape index (κ3) is 7.32. The molecule has 1 rings (SSSR count). The van der Waals surface area contributed by atoms with Crippen molar-refractivity contribution in [2.45, 2.75) is 71.9 Å². The van der Waals surface area contributed by atoms with Crippen LogP contribution in [0.4, 0.5) is 0 Å². The van der Waals surface area contributed by atoms with Gasteiger partial charge in [-0.1, -0.05) is 56.0 Å². The molecule has 0 amide bonds. The maximum absolute atomic E-state index is 5.85. The largest absolute Gasteiger partial charge is 0.493 e. The highest BCUT2D eigenvalue weighted by Gasteiger charge is 2.09. The van der Waals surface area contributed by atoms with E-state index in [2.05, 4.69) is 60.2 Å². The lowest BCUT2D eigenvalue weighted by Crippen LogP contribution is -2.28. The van der Waals surface area contributed by atoms with Crippen molar-refractivity contribution in [3.8, 4) is 5.75 Å². The Kier molecular flexibility index (Phi) is 9.77. The topological polar surface area (TPSA) is 21.3 Å². The molecule has 0 bridgehead atoms. The molecule has 1 aromatic rings. The fourth-order valence-electron chi connectivity index (χ4n) is 2.44. The summed E-state index contributed by atoms with van der Waals surface area (Å²) in [4.78, 5) is 0. The van der Waals surface area contributed by atoms with E-state index in [1.54, 1.807) is 0 Å². The minimum absolute atomic E-state index is 0.618. The van der Waals surface area contributed by atoms with Gasteiger partial charge in [0, 0.05) is 22.6 Å². The van der Waals surface area contributed by atoms with E-state index in [1.165, 1.54) is 37.7 Å². The lowest BCUT2D eigenvalue weighted by molar-refractivity contribution is 0.312. The number of unbranched alkanes of at least 4 members (excludes halogenated alkanes) is 1. The molecule has 0 spiro atoms. The van der Waals surface area contributed by atoms with E-state index in [-0.39, 0.29) is 0 Å². The number of hydrogen-bond acceptors (Lipinski definition) is 2.